The fraction of sp³-hybridized carbons (Fsp3) is 0.137. The van der Waals surface area contributed by atoms with Gasteiger partial charge < -0.3 is 4.57 Å². The second-order valence-corrected chi connectivity index (χ2v) is 14.3. The molecule has 0 radical (unpaired) electrons. The first-order chi connectivity index (χ1) is 26.7. The molecule has 3 heteroatoms. The van der Waals surface area contributed by atoms with Crippen molar-refractivity contribution in [2.45, 2.75) is 45.4 Å². The van der Waals surface area contributed by atoms with Crippen LogP contribution in [0.1, 0.15) is 61.2 Å². The maximum Gasteiger partial charge on any atom is 0.136 e. The Labute approximate surface area is 317 Å². The van der Waals surface area contributed by atoms with Crippen LogP contribution in [-0.2, 0) is 0 Å². The van der Waals surface area contributed by atoms with Crippen LogP contribution in [0.2, 0.25) is 0 Å². The van der Waals surface area contributed by atoms with Gasteiger partial charge in [0.25, 0.3) is 0 Å². The molecule has 0 saturated carbocycles. The molecule has 2 heterocycles. The predicted octanol–water partition coefficient (Wildman–Crippen LogP) is 11.3. The van der Waals surface area contributed by atoms with E-state index in [2.05, 4.69) is 188 Å². The zero-order chi connectivity index (χ0) is 36.4. The molecule has 262 valence electrons. The SMILES string of the molecule is CC/C=C\c1c(C)n(-c2ccc(C3=c4ccccc4=C(C4=CC=CC(c5nc(-c6ccccc6)cc(-c6ccccc6)n5)C4)CC3)cc2)c2ccccc12. The number of hydrogen-bond donors (Lipinski definition) is 0. The number of allylic oxidation sites excluding steroid dienone is 5. The van der Waals surface area contributed by atoms with Gasteiger partial charge in [-0.1, -0.05) is 153 Å². The molecule has 2 aliphatic carbocycles. The molecule has 9 rings (SSSR count). The molecule has 2 aliphatic rings. The van der Waals surface area contributed by atoms with E-state index in [1.54, 1.807) is 0 Å². The summed E-state index contributed by atoms with van der Waals surface area (Å²) in [6, 6.07) is 50.0. The highest BCUT2D eigenvalue weighted by Gasteiger charge is 2.23. The maximum absolute atomic E-state index is 5.19. The Balaban J connectivity index is 1.07. The van der Waals surface area contributed by atoms with E-state index in [4.69, 9.17) is 9.97 Å². The average Bonchev–Trinajstić information content (AvgIpc) is 3.53. The molecule has 54 heavy (non-hydrogen) atoms. The van der Waals surface area contributed by atoms with E-state index < -0.39 is 0 Å². The third-order valence-electron chi connectivity index (χ3n) is 11.0. The van der Waals surface area contributed by atoms with Crippen LogP contribution in [-0.4, -0.2) is 14.5 Å². The fourth-order valence-electron chi connectivity index (χ4n) is 8.37. The number of benzene rings is 5. The molecule has 3 nitrogen and oxygen atoms in total. The summed E-state index contributed by atoms with van der Waals surface area (Å²) in [5.41, 5.74) is 14.6. The number of rotatable bonds is 8. The highest BCUT2D eigenvalue weighted by Crippen LogP contribution is 2.37. The molecule has 1 atom stereocenters. The molecule has 0 N–H and O–H groups in total. The largest absolute Gasteiger partial charge is 0.313 e. The lowest BCUT2D eigenvalue weighted by Crippen LogP contribution is -2.33. The van der Waals surface area contributed by atoms with Crippen molar-refractivity contribution in [1.82, 2.24) is 14.5 Å². The van der Waals surface area contributed by atoms with Gasteiger partial charge in [-0.3, -0.25) is 0 Å². The smallest absolute Gasteiger partial charge is 0.136 e. The highest BCUT2D eigenvalue weighted by molar-refractivity contribution is 5.92. The second-order valence-electron chi connectivity index (χ2n) is 14.3. The van der Waals surface area contributed by atoms with Crippen LogP contribution >= 0.6 is 0 Å². The Morgan fingerprint density at radius 1 is 0.667 bits per heavy atom. The van der Waals surface area contributed by atoms with Crippen LogP contribution < -0.4 is 10.4 Å². The minimum atomic E-state index is 0.0833. The van der Waals surface area contributed by atoms with Gasteiger partial charge in [-0.05, 0) is 89.6 Å². The molecule has 0 saturated heterocycles. The number of hydrogen-bond acceptors (Lipinski definition) is 2. The number of aromatic nitrogens is 3. The van der Waals surface area contributed by atoms with Crippen molar-refractivity contribution in [1.29, 1.82) is 0 Å². The zero-order valence-corrected chi connectivity index (χ0v) is 30.9. The average molecular weight is 698 g/mol. The first kappa shape index (κ1) is 33.5. The fourth-order valence-corrected chi connectivity index (χ4v) is 8.37. The van der Waals surface area contributed by atoms with Crippen LogP contribution in [0.5, 0.6) is 0 Å². The van der Waals surface area contributed by atoms with E-state index in [-0.39, 0.29) is 5.92 Å². The van der Waals surface area contributed by atoms with Crippen LogP contribution in [0.25, 0.3) is 56.3 Å². The van der Waals surface area contributed by atoms with Crippen molar-refractivity contribution in [3.8, 4) is 28.2 Å². The van der Waals surface area contributed by atoms with Gasteiger partial charge in [-0.25, -0.2) is 9.97 Å². The van der Waals surface area contributed by atoms with Gasteiger partial charge in [0.1, 0.15) is 5.82 Å². The summed E-state index contributed by atoms with van der Waals surface area (Å²) in [5, 5.41) is 3.97. The van der Waals surface area contributed by atoms with Crippen molar-refractivity contribution < 1.29 is 0 Å². The van der Waals surface area contributed by atoms with E-state index in [1.165, 1.54) is 60.6 Å². The second kappa shape index (κ2) is 14.6. The normalized spacial score (nSPS) is 15.5. The maximum atomic E-state index is 5.19. The summed E-state index contributed by atoms with van der Waals surface area (Å²) >= 11 is 0. The number of fused-ring (bicyclic) bond motifs is 2. The van der Waals surface area contributed by atoms with E-state index in [9.17, 15) is 0 Å². The highest BCUT2D eigenvalue weighted by atomic mass is 15.0. The van der Waals surface area contributed by atoms with E-state index >= 15 is 0 Å². The van der Waals surface area contributed by atoms with Crippen molar-refractivity contribution in [3.63, 3.8) is 0 Å². The molecule has 0 amide bonds. The summed E-state index contributed by atoms with van der Waals surface area (Å²) < 4.78 is 2.40. The van der Waals surface area contributed by atoms with Crippen LogP contribution in [0.15, 0.2) is 169 Å². The Hall–Kier alpha value is -6.32. The van der Waals surface area contributed by atoms with Crippen molar-refractivity contribution in [2.75, 3.05) is 0 Å². The van der Waals surface area contributed by atoms with E-state index in [0.29, 0.717) is 0 Å². The minimum absolute atomic E-state index is 0.0833. The van der Waals surface area contributed by atoms with Crippen LogP contribution in [0, 0.1) is 6.92 Å². The number of para-hydroxylation sites is 1. The van der Waals surface area contributed by atoms with Gasteiger partial charge >= 0.3 is 0 Å². The van der Waals surface area contributed by atoms with Crippen molar-refractivity contribution in [3.05, 3.63) is 202 Å². The van der Waals surface area contributed by atoms with Crippen molar-refractivity contribution >= 4 is 28.1 Å². The summed E-state index contributed by atoms with van der Waals surface area (Å²) in [5.74, 6) is 0.952. The van der Waals surface area contributed by atoms with Crippen molar-refractivity contribution in [2.24, 2.45) is 0 Å². The topological polar surface area (TPSA) is 30.7 Å². The van der Waals surface area contributed by atoms with Gasteiger partial charge in [0, 0.05) is 39.4 Å². The molecule has 0 spiro atoms. The zero-order valence-electron chi connectivity index (χ0n) is 30.9. The lowest BCUT2D eigenvalue weighted by Gasteiger charge is -2.24. The van der Waals surface area contributed by atoms with Crippen LogP contribution in [0.3, 0.4) is 0 Å². The molecule has 1 unspecified atom stereocenters. The summed E-state index contributed by atoms with van der Waals surface area (Å²) in [6.45, 7) is 4.43. The molecule has 7 aromatic rings. The van der Waals surface area contributed by atoms with E-state index in [1.807, 2.05) is 0 Å². The standard InChI is InChI=1S/C51H43N3/c1-3-4-22-42-35(2)54(50-26-14-13-25-47(42)50)41-29-27-36(28-30-41)43-31-32-44(46-24-12-11-23-45(43)46)39-20-15-21-40(33-39)51-52-48(37-16-7-5-8-17-37)34-49(53-51)38-18-9-6-10-19-38/h4-30,34,40H,3,31-33H2,1-2H3/b22-4-. The van der Waals surface area contributed by atoms with Gasteiger partial charge in [0.05, 0.1) is 16.9 Å². The third kappa shape index (κ3) is 6.26. The Kier molecular flexibility index (Phi) is 9.06. The van der Waals surface area contributed by atoms with Gasteiger partial charge in [-0.15, -0.1) is 0 Å². The van der Waals surface area contributed by atoms with Crippen LogP contribution in [0.4, 0.5) is 0 Å². The van der Waals surface area contributed by atoms with Gasteiger partial charge in [0.15, 0.2) is 0 Å². The molecule has 5 aromatic carbocycles. The third-order valence-corrected chi connectivity index (χ3v) is 11.0. The molecule has 0 aliphatic heterocycles. The molecular weight excluding hydrogens is 655 g/mol. The first-order valence-electron chi connectivity index (χ1n) is 19.2. The first-order valence-corrected chi connectivity index (χ1v) is 19.2. The molecular formula is C51H43N3. The lowest BCUT2D eigenvalue weighted by molar-refractivity contribution is 0.756. The Bertz CT molecular complexity index is 2650. The summed E-state index contributed by atoms with van der Waals surface area (Å²) in [4.78, 5) is 10.4. The summed E-state index contributed by atoms with van der Waals surface area (Å²) in [6.07, 6.45) is 15.2. The lowest BCUT2D eigenvalue weighted by atomic mass is 9.82. The molecule has 0 bridgehead atoms. The summed E-state index contributed by atoms with van der Waals surface area (Å²) in [7, 11) is 0. The molecule has 2 aromatic heterocycles. The van der Waals surface area contributed by atoms with E-state index in [0.717, 1.165) is 54.0 Å². The predicted molar refractivity (Wildman–Crippen MR) is 226 cm³/mol. The number of nitrogens with zero attached hydrogens (tertiary/aromatic N) is 3. The van der Waals surface area contributed by atoms with Gasteiger partial charge in [0.2, 0.25) is 0 Å². The monoisotopic (exact) mass is 697 g/mol. The quantitative estimate of drug-likeness (QED) is 0.158. The molecule has 0 fully saturated rings. The minimum Gasteiger partial charge on any atom is -0.313 e. The van der Waals surface area contributed by atoms with Gasteiger partial charge in [-0.2, -0.15) is 0 Å². The Morgan fingerprint density at radius 3 is 1.96 bits per heavy atom. The Morgan fingerprint density at radius 2 is 1.28 bits per heavy atom.